The monoisotopic (exact) mass is 261 g/mol. The molecule has 2 heterocycles. The van der Waals surface area contributed by atoms with Crippen LogP contribution < -0.4 is 5.32 Å². The Kier molecular flexibility index (Phi) is 4.28. The molecule has 0 bridgehead atoms. The molecule has 1 N–H and O–H groups in total. The molecule has 0 aromatic carbocycles. The van der Waals surface area contributed by atoms with Gasteiger partial charge in [0.05, 0.1) is 0 Å². The van der Waals surface area contributed by atoms with E-state index in [1.54, 1.807) is 0 Å². The molecule has 0 aliphatic carbocycles. The lowest BCUT2D eigenvalue weighted by Crippen LogP contribution is -2.36. The summed E-state index contributed by atoms with van der Waals surface area (Å²) in [6.07, 6.45) is 2.24. The van der Waals surface area contributed by atoms with Gasteiger partial charge in [-0.1, -0.05) is 6.92 Å². The van der Waals surface area contributed by atoms with Crippen LogP contribution in [0.1, 0.15) is 36.7 Å². The van der Waals surface area contributed by atoms with E-state index in [9.17, 15) is 0 Å². The van der Waals surface area contributed by atoms with Crippen LogP contribution in [0.4, 0.5) is 0 Å². The van der Waals surface area contributed by atoms with E-state index in [4.69, 9.17) is 10.00 Å². The SMILES string of the molecule is Cc1c(CNCC2(C)CCOCC2)cc(C#N)n1C. The molecule has 1 aliphatic rings. The number of nitrogens with one attached hydrogen (secondary N) is 1. The van der Waals surface area contributed by atoms with E-state index in [1.807, 2.05) is 17.7 Å². The normalized spacial score (nSPS) is 18.2. The minimum atomic E-state index is 0.346. The van der Waals surface area contributed by atoms with Gasteiger partial charge in [-0.3, -0.25) is 0 Å². The Balaban J connectivity index is 1.91. The first-order chi connectivity index (χ1) is 9.06. The van der Waals surface area contributed by atoms with Crippen molar-refractivity contribution in [1.82, 2.24) is 9.88 Å². The highest BCUT2D eigenvalue weighted by molar-refractivity contribution is 5.34. The molecular weight excluding hydrogens is 238 g/mol. The molecule has 19 heavy (non-hydrogen) atoms. The third-order valence-corrected chi connectivity index (χ3v) is 4.32. The van der Waals surface area contributed by atoms with E-state index in [0.717, 1.165) is 44.8 Å². The average molecular weight is 261 g/mol. The fourth-order valence-electron chi connectivity index (χ4n) is 2.59. The molecule has 4 nitrogen and oxygen atoms in total. The van der Waals surface area contributed by atoms with Crippen molar-refractivity contribution < 1.29 is 4.74 Å². The Morgan fingerprint density at radius 3 is 2.74 bits per heavy atom. The van der Waals surface area contributed by atoms with E-state index in [2.05, 4.69) is 25.2 Å². The van der Waals surface area contributed by atoms with Crippen LogP contribution in [0.3, 0.4) is 0 Å². The summed E-state index contributed by atoms with van der Waals surface area (Å²) in [6.45, 7) is 7.97. The van der Waals surface area contributed by atoms with Gasteiger partial charge in [-0.2, -0.15) is 5.26 Å². The maximum absolute atomic E-state index is 9.02. The molecule has 0 radical (unpaired) electrons. The van der Waals surface area contributed by atoms with Crippen molar-refractivity contribution in [2.45, 2.75) is 33.2 Å². The van der Waals surface area contributed by atoms with Gasteiger partial charge in [0.2, 0.25) is 0 Å². The molecule has 1 fully saturated rings. The van der Waals surface area contributed by atoms with Crippen LogP contribution in [-0.4, -0.2) is 24.3 Å². The van der Waals surface area contributed by atoms with Crippen molar-refractivity contribution in [1.29, 1.82) is 5.26 Å². The van der Waals surface area contributed by atoms with Gasteiger partial charge in [0.1, 0.15) is 11.8 Å². The number of nitrogens with zero attached hydrogens (tertiary/aromatic N) is 2. The molecule has 1 aromatic heterocycles. The second-order valence-corrected chi connectivity index (χ2v) is 5.84. The lowest BCUT2D eigenvalue weighted by Gasteiger charge is -2.33. The van der Waals surface area contributed by atoms with E-state index in [-0.39, 0.29) is 0 Å². The van der Waals surface area contributed by atoms with Gasteiger partial charge in [-0.25, -0.2) is 0 Å². The van der Waals surface area contributed by atoms with Crippen molar-refractivity contribution >= 4 is 0 Å². The van der Waals surface area contributed by atoms with Crippen LogP contribution in [0, 0.1) is 23.7 Å². The molecule has 1 saturated heterocycles. The van der Waals surface area contributed by atoms with Gasteiger partial charge in [0.15, 0.2) is 0 Å². The van der Waals surface area contributed by atoms with Gasteiger partial charge in [-0.05, 0) is 36.8 Å². The second kappa shape index (κ2) is 5.77. The molecule has 4 heteroatoms. The minimum absolute atomic E-state index is 0.346. The van der Waals surface area contributed by atoms with Gasteiger partial charge >= 0.3 is 0 Å². The van der Waals surface area contributed by atoms with E-state index < -0.39 is 0 Å². The first-order valence-electron chi connectivity index (χ1n) is 6.89. The molecular formula is C15H23N3O. The summed E-state index contributed by atoms with van der Waals surface area (Å²) in [5, 5.41) is 12.6. The minimum Gasteiger partial charge on any atom is -0.381 e. The van der Waals surface area contributed by atoms with Crippen LogP contribution in [0.2, 0.25) is 0 Å². The van der Waals surface area contributed by atoms with Crippen LogP contribution in [0.25, 0.3) is 0 Å². The number of hydrogen-bond acceptors (Lipinski definition) is 3. The third kappa shape index (κ3) is 3.17. The molecule has 104 valence electrons. The van der Waals surface area contributed by atoms with Crippen molar-refractivity contribution in [3.63, 3.8) is 0 Å². The van der Waals surface area contributed by atoms with Gasteiger partial charge in [0.25, 0.3) is 0 Å². The molecule has 0 saturated carbocycles. The summed E-state index contributed by atoms with van der Waals surface area (Å²) in [4.78, 5) is 0. The number of ether oxygens (including phenoxy) is 1. The Morgan fingerprint density at radius 2 is 2.16 bits per heavy atom. The zero-order valence-corrected chi connectivity index (χ0v) is 12.1. The van der Waals surface area contributed by atoms with E-state index >= 15 is 0 Å². The molecule has 1 aromatic rings. The van der Waals surface area contributed by atoms with Gasteiger partial charge in [0, 0.05) is 39.0 Å². The van der Waals surface area contributed by atoms with Crippen molar-refractivity contribution in [3.8, 4) is 6.07 Å². The molecule has 0 spiro atoms. The lowest BCUT2D eigenvalue weighted by atomic mass is 9.82. The number of aromatic nitrogens is 1. The Bertz CT molecular complexity index is 478. The van der Waals surface area contributed by atoms with Crippen LogP contribution >= 0.6 is 0 Å². The largest absolute Gasteiger partial charge is 0.381 e. The van der Waals surface area contributed by atoms with Gasteiger partial charge in [-0.15, -0.1) is 0 Å². The zero-order valence-electron chi connectivity index (χ0n) is 12.1. The summed E-state index contributed by atoms with van der Waals surface area (Å²) in [5.74, 6) is 0. The quantitative estimate of drug-likeness (QED) is 0.903. The average Bonchev–Trinajstić information content (AvgIpc) is 2.67. The molecule has 1 aliphatic heterocycles. The molecule has 0 atom stereocenters. The zero-order chi connectivity index (χ0) is 13.9. The Morgan fingerprint density at radius 1 is 1.47 bits per heavy atom. The molecule has 0 unspecified atom stereocenters. The summed E-state index contributed by atoms with van der Waals surface area (Å²) in [5.41, 5.74) is 3.46. The maximum atomic E-state index is 9.02. The fourth-order valence-corrected chi connectivity index (χ4v) is 2.59. The maximum Gasteiger partial charge on any atom is 0.120 e. The van der Waals surface area contributed by atoms with Crippen molar-refractivity contribution in [2.75, 3.05) is 19.8 Å². The highest BCUT2D eigenvalue weighted by Gasteiger charge is 2.26. The number of rotatable bonds is 4. The number of nitriles is 1. The van der Waals surface area contributed by atoms with E-state index in [1.165, 1.54) is 11.3 Å². The first kappa shape index (κ1) is 14.1. The standard InChI is InChI=1S/C15H23N3O/c1-12-13(8-14(9-16)18(12)3)10-17-11-15(2)4-6-19-7-5-15/h8,17H,4-7,10-11H2,1-3H3. The summed E-state index contributed by atoms with van der Waals surface area (Å²) in [6, 6.07) is 4.20. The van der Waals surface area contributed by atoms with Gasteiger partial charge < -0.3 is 14.6 Å². The predicted octanol–water partition coefficient (Wildman–Crippen LogP) is 2.11. The smallest absolute Gasteiger partial charge is 0.120 e. The first-order valence-corrected chi connectivity index (χ1v) is 6.89. The summed E-state index contributed by atoms with van der Waals surface area (Å²) in [7, 11) is 1.94. The highest BCUT2D eigenvalue weighted by Crippen LogP contribution is 2.28. The van der Waals surface area contributed by atoms with E-state index in [0.29, 0.717) is 5.41 Å². The van der Waals surface area contributed by atoms with Crippen molar-refractivity contribution in [3.05, 3.63) is 23.0 Å². The molecule has 0 amide bonds. The van der Waals surface area contributed by atoms with Crippen molar-refractivity contribution in [2.24, 2.45) is 12.5 Å². The summed E-state index contributed by atoms with van der Waals surface area (Å²) >= 11 is 0. The Hall–Kier alpha value is -1.31. The number of hydrogen-bond donors (Lipinski definition) is 1. The summed E-state index contributed by atoms with van der Waals surface area (Å²) < 4.78 is 7.37. The molecule has 2 rings (SSSR count). The van der Waals surface area contributed by atoms with Crippen LogP contribution in [-0.2, 0) is 18.3 Å². The van der Waals surface area contributed by atoms with Crippen LogP contribution in [0.5, 0.6) is 0 Å². The topological polar surface area (TPSA) is 50.0 Å². The predicted molar refractivity (Wildman–Crippen MR) is 74.7 cm³/mol. The highest BCUT2D eigenvalue weighted by atomic mass is 16.5. The third-order valence-electron chi connectivity index (χ3n) is 4.32. The Labute approximate surface area is 115 Å². The fraction of sp³-hybridized carbons (Fsp3) is 0.667. The lowest BCUT2D eigenvalue weighted by molar-refractivity contribution is 0.0240. The second-order valence-electron chi connectivity index (χ2n) is 5.84. The van der Waals surface area contributed by atoms with Crippen LogP contribution in [0.15, 0.2) is 6.07 Å².